The van der Waals surface area contributed by atoms with Crippen LogP contribution in [0.1, 0.15) is 41.5 Å². The molecule has 0 spiro atoms. The molecule has 0 saturated heterocycles. The Hall–Kier alpha value is -1.43. The summed E-state index contributed by atoms with van der Waals surface area (Å²) in [5.74, 6) is -0.863. The number of carbonyl (C=O) groups excluding carboxylic acids is 3. The molecular weight excluding hydrogens is 324 g/mol. The number of hydrogen-bond acceptors (Lipinski definition) is 7. The average molecular weight is 353 g/mol. The summed E-state index contributed by atoms with van der Waals surface area (Å²) in [6.45, 7) is 11.1. The van der Waals surface area contributed by atoms with Crippen molar-refractivity contribution in [1.29, 1.82) is 0 Å². The predicted molar refractivity (Wildman–Crippen MR) is 90.1 cm³/mol. The Kier molecular flexibility index (Phi) is 12.8. The zero-order valence-corrected chi connectivity index (χ0v) is 15.9. The smallest absolute Gasteiger partial charge is 0.332 e. The van der Waals surface area contributed by atoms with Crippen molar-refractivity contribution in [2.45, 2.75) is 53.6 Å². The highest BCUT2D eigenvalue weighted by molar-refractivity contribution is 5.85. The molecule has 8 heteroatoms. The van der Waals surface area contributed by atoms with Crippen molar-refractivity contribution in [3.05, 3.63) is 0 Å². The van der Waals surface area contributed by atoms with Crippen molar-refractivity contribution in [3.8, 4) is 0 Å². The summed E-state index contributed by atoms with van der Waals surface area (Å²) in [7, 11) is 2.61. The maximum absolute atomic E-state index is 11.1. The SMILES string of the molecule is COC(=O)[C@@H](N)C(C)(C)C.COC(=O)[C@@H](N=C=O)C(C)(C)C.Cl. The molecule has 7 nitrogen and oxygen atoms in total. The minimum atomic E-state index is -0.764. The first-order valence-electron chi connectivity index (χ1n) is 6.81. The van der Waals surface area contributed by atoms with Gasteiger partial charge >= 0.3 is 11.9 Å². The van der Waals surface area contributed by atoms with Gasteiger partial charge < -0.3 is 15.2 Å². The van der Waals surface area contributed by atoms with Crippen LogP contribution in [0, 0.1) is 10.8 Å². The second kappa shape index (κ2) is 11.2. The number of aliphatic imine (C=N–C) groups is 1. The molecule has 0 aliphatic heterocycles. The van der Waals surface area contributed by atoms with Crippen LogP contribution in [0.3, 0.4) is 0 Å². The molecule has 0 aromatic heterocycles. The fraction of sp³-hybridized carbons (Fsp3) is 0.800. The van der Waals surface area contributed by atoms with Gasteiger partial charge in [0.1, 0.15) is 6.04 Å². The lowest BCUT2D eigenvalue weighted by Crippen LogP contribution is -2.42. The minimum Gasteiger partial charge on any atom is -0.468 e. The third-order valence-electron chi connectivity index (χ3n) is 2.81. The summed E-state index contributed by atoms with van der Waals surface area (Å²) >= 11 is 0. The third kappa shape index (κ3) is 10.8. The molecule has 0 aromatic rings. The van der Waals surface area contributed by atoms with Gasteiger partial charge in [-0.05, 0) is 10.8 Å². The Bertz CT molecular complexity index is 421. The average Bonchev–Trinajstić information content (AvgIpc) is 2.40. The number of carbonyl (C=O) groups is 2. The highest BCUT2D eigenvalue weighted by Crippen LogP contribution is 2.22. The van der Waals surface area contributed by atoms with Gasteiger partial charge in [-0.25, -0.2) is 9.59 Å². The van der Waals surface area contributed by atoms with Crippen LogP contribution in [0.4, 0.5) is 0 Å². The summed E-state index contributed by atoms with van der Waals surface area (Å²) < 4.78 is 8.95. The van der Waals surface area contributed by atoms with Crippen LogP contribution in [0.15, 0.2) is 4.99 Å². The molecule has 23 heavy (non-hydrogen) atoms. The fourth-order valence-corrected chi connectivity index (χ4v) is 1.24. The van der Waals surface area contributed by atoms with Crippen molar-refractivity contribution >= 4 is 30.4 Å². The van der Waals surface area contributed by atoms with E-state index in [9.17, 15) is 14.4 Å². The number of methoxy groups -OCH3 is 2. The van der Waals surface area contributed by atoms with E-state index in [1.807, 2.05) is 20.8 Å². The first kappa shape index (κ1) is 26.5. The number of ether oxygens (including phenoxy) is 2. The number of hydrogen-bond donors (Lipinski definition) is 1. The first-order valence-corrected chi connectivity index (χ1v) is 6.81. The van der Waals surface area contributed by atoms with E-state index in [-0.39, 0.29) is 23.8 Å². The summed E-state index contributed by atoms with van der Waals surface area (Å²) in [5, 5.41) is 0. The molecule has 2 atom stereocenters. The number of nitrogens with two attached hydrogens (primary N) is 1. The van der Waals surface area contributed by atoms with Crippen molar-refractivity contribution in [2.75, 3.05) is 14.2 Å². The van der Waals surface area contributed by atoms with Crippen molar-refractivity contribution in [2.24, 2.45) is 21.6 Å². The predicted octanol–water partition coefficient (Wildman–Crippen LogP) is 1.86. The highest BCUT2D eigenvalue weighted by atomic mass is 35.5. The number of rotatable bonds is 3. The van der Waals surface area contributed by atoms with Crippen molar-refractivity contribution < 1.29 is 23.9 Å². The summed E-state index contributed by atoms with van der Waals surface area (Å²) in [4.78, 5) is 35.2. The molecule has 0 aliphatic rings. The molecule has 2 N–H and O–H groups in total. The van der Waals surface area contributed by atoms with Gasteiger partial charge in [0.25, 0.3) is 0 Å². The van der Waals surface area contributed by atoms with Gasteiger partial charge in [-0.1, -0.05) is 41.5 Å². The maximum Gasteiger partial charge on any atom is 0.332 e. The van der Waals surface area contributed by atoms with E-state index in [1.165, 1.54) is 20.3 Å². The number of esters is 2. The lowest BCUT2D eigenvalue weighted by molar-refractivity contribution is -0.145. The van der Waals surface area contributed by atoms with Crippen LogP contribution in [0.2, 0.25) is 0 Å². The second-order valence-electron chi connectivity index (χ2n) is 6.88. The zero-order chi connectivity index (χ0) is 18.1. The van der Waals surface area contributed by atoms with E-state index >= 15 is 0 Å². The van der Waals surface area contributed by atoms with E-state index in [2.05, 4.69) is 14.5 Å². The van der Waals surface area contributed by atoms with Crippen LogP contribution in [0.5, 0.6) is 0 Å². The van der Waals surface area contributed by atoms with E-state index in [0.717, 1.165) is 0 Å². The molecule has 0 aliphatic carbocycles. The quantitative estimate of drug-likeness (QED) is 0.472. The van der Waals surface area contributed by atoms with Gasteiger partial charge in [0, 0.05) is 0 Å². The third-order valence-corrected chi connectivity index (χ3v) is 2.81. The standard InChI is InChI=1S/C8H13NO3.C7H15NO2.ClH/c1-8(2,3)6(9-5-10)7(11)12-4;1-7(2,3)5(8)6(9)10-4;/h6H,1-4H3;5H,8H2,1-4H3;1H/t6-;5-;/m11./s1. The number of isocyanates is 1. The van der Waals surface area contributed by atoms with Crippen LogP contribution in [0.25, 0.3) is 0 Å². The molecule has 0 saturated carbocycles. The number of halogens is 1. The van der Waals surface area contributed by atoms with Gasteiger partial charge in [0.15, 0.2) is 6.04 Å². The molecule has 0 bridgehead atoms. The topological polar surface area (TPSA) is 108 Å². The Morgan fingerprint density at radius 1 is 0.957 bits per heavy atom. The largest absolute Gasteiger partial charge is 0.468 e. The number of nitrogens with zero attached hydrogens (tertiary/aromatic N) is 1. The van der Waals surface area contributed by atoms with Gasteiger partial charge in [-0.2, -0.15) is 4.99 Å². The fourth-order valence-electron chi connectivity index (χ4n) is 1.24. The summed E-state index contributed by atoms with van der Waals surface area (Å²) in [5.41, 5.74) is 4.90. The van der Waals surface area contributed by atoms with Crippen molar-refractivity contribution in [3.63, 3.8) is 0 Å². The van der Waals surface area contributed by atoms with Crippen molar-refractivity contribution in [1.82, 2.24) is 0 Å². The second-order valence-corrected chi connectivity index (χ2v) is 6.88. The molecule has 0 rings (SSSR count). The lowest BCUT2D eigenvalue weighted by atomic mass is 9.87. The molecule has 136 valence electrons. The van der Waals surface area contributed by atoms with E-state index in [4.69, 9.17) is 5.73 Å². The van der Waals surface area contributed by atoms with Gasteiger partial charge in [0.05, 0.1) is 14.2 Å². The van der Waals surface area contributed by atoms with Crippen LogP contribution in [-0.4, -0.2) is 44.3 Å². The summed E-state index contributed by atoms with van der Waals surface area (Å²) in [6.07, 6.45) is 1.36. The minimum absolute atomic E-state index is 0. The van der Waals surface area contributed by atoms with Gasteiger partial charge in [-0.15, -0.1) is 12.4 Å². The first-order chi connectivity index (χ1) is 9.82. The Balaban J connectivity index is -0.000000338. The van der Waals surface area contributed by atoms with Crippen LogP contribution < -0.4 is 5.73 Å². The molecule has 0 amide bonds. The maximum atomic E-state index is 11.1. The molecule has 0 fully saturated rings. The normalized spacial score (nSPS) is 13.1. The van der Waals surface area contributed by atoms with Crippen LogP contribution >= 0.6 is 12.4 Å². The van der Waals surface area contributed by atoms with Gasteiger partial charge in [0.2, 0.25) is 6.08 Å². The molecule has 0 unspecified atom stereocenters. The Morgan fingerprint density at radius 3 is 1.52 bits per heavy atom. The monoisotopic (exact) mass is 352 g/mol. The van der Waals surface area contributed by atoms with E-state index in [1.54, 1.807) is 20.8 Å². The molecule has 0 aromatic carbocycles. The molecular formula is C15H29ClN2O5. The Morgan fingerprint density at radius 2 is 1.35 bits per heavy atom. The van der Waals surface area contributed by atoms with E-state index in [0.29, 0.717) is 0 Å². The molecule has 0 radical (unpaired) electrons. The highest BCUT2D eigenvalue weighted by Gasteiger charge is 2.32. The summed E-state index contributed by atoms with van der Waals surface area (Å²) in [6, 6.07) is -1.29. The van der Waals surface area contributed by atoms with Crippen LogP contribution in [-0.2, 0) is 23.9 Å². The van der Waals surface area contributed by atoms with E-state index < -0.39 is 23.5 Å². The lowest BCUT2D eigenvalue weighted by Gasteiger charge is -2.23. The molecule has 0 heterocycles. The zero-order valence-electron chi connectivity index (χ0n) is 15.1. The Labute approximate surface area is 144 Å². The van der Waals surface area contributed by atoms with Gasteiger partial charge in [-0.3, -0.25) is 4.79 Å².